The van der Waals surface area contributed by atoms with Crippen LogP contribution in [0.4, 0.5) is 5.82 Å². The fraction of sp³-hybridized carbons (Fsp3) is 0.571. The lowest BCUT2D eigenvalue weighted by molar-refractivity contribution is -0.142. The standard InChI is InChI=1S/C14H20N4O3/c1-9-8-10(14(20)21)6-7-18(9)12-5-4-11(15-16-12)13(19)17(2)3/h4-5,9-10H,6-8H2,1-3H3,(H,20,21). The zero-order chi connectivity index (χ0) is 15.6. The fourth-order valence-electron chi connectivity index (χ4n) is 2.56. The molecule has 2 unspecified atom stereocenters. The minimum absolute atomic E-state index is 0.0875. The zero-order valence-corrected chi connectivity index (χ0v) is 12.5. The first kappa shape index (κ1) is 15.2. The van der Waals surface area contributed by atoms with Gasteiger partial charge in [0.2, 0.25) is 0 Å². The number of carboxylic acids is 1. The third-order valence-corrected chi connectivity index (χ3v) is 3.80. The molecule has 1 N–H and O–H groups in total. The predicted molar refractivity (Wildman–Crippen MR) is 77.2 cm³/mol. The number of amides is 1. The molecule has 0 aromatic carbocycles. The van der Waals surface area contributed by atoms with Gasteiger partial charge in [0, 0.05) is 26.7 Å². The number of aromatic nitrogens is 2. The maximum atomic E-state index is 11.8. The molecule has 2 heterocycles. The van der Waals surface area contributed by atoms with Crippen LogP contribution in [0.5, 0.6) is 0 Å². The Bertz CT molecular complexity index is 530. The fourth-order valence-corrected chi connectivity index (χ4v) is 2.56. The Hall–Kier alpha value is -2.18. The van der Waals surface area contributed by atoms with Crippen molar-refractivity contribution in [2.45, 2.75) is 25.8 Å². The molecule has 1 fully saturated rings. The normalized spacial score (nSPS) is 22.0. The van der Waals surface area contributed by atoms with E-state index in [2.05, 4.69) is 10.2 Å². The Kier molecular flexibility index (Phi) is 4.40. The van der Waals surface area contributed by atoms with Crippen molar-refractivity contribution in [2.75, 3.05) is 25.5 Å². The van der Waals surface area contributed by atoms with Crippen LogP contribution in [-0.2, 0) is 4.79 Å². The van der Waals surface area contributed by atoms with E-state index in [1.54, 1.807) is 26.2 Å². The quantitative estimate of drug-likeness (QED) is 0.889. The Balaban J connectivity index is 2.09. The zero-order valence-electron chi connectivity index (χ0n) is 12.5. The average Bonchev–Trinajstić information content (AvgIpc) is 2.46. The summed E-state index contributed by atoms with van der Waals surface area (Å²) in [7, 11) is 3.33. The maximum Gasteiger partial charge on any atom is 0.306 e. The molecule has 0 spiro atoms. The van der Waals surface area contributed by atoms with Gasteiger partial charge in [0.25, 0.3) is 5.91 Å². The molecular formula is C14H20N4O3. The molecule has 0 radical (unpaired) electrons. The average molecular weight is 292 g/mol. The van der Waals surface area contributed by atoms with Gasteiger partial charge in [-0.25, -0.2) is 0 Å². The first-order valence-electron chi connectivity index (χ1n) is 6.95. The van der Waals surface area contributed by atoms with Crippen LogP contribution in [0.3, 0.4) is 0 Å². The maximum absolute atomic E-state index is 11.8. The minimum atomic E-state index is -0.737. The summed E-state index contributed by atoms with van der Waals surface area (Å²) in [6, 6.07) is 3.51. The molecule has 0 bridgehead atoms. The van der Waals surface area contributed by atoms with Gasteiger partial charge in [-0.3, -0.25) is 9.59 Å². The van der Waals surface area contributed by atoms with Gasteiger partial charge in [-0.15, -0.1) is 10.2 Å². The van der Waals surface area contributed by atoms with Crippen LogP contribution in [0.2, 0.25) is 0 Å². The second-order valence-corrected chi connectivity index (χ2v) is 5.58. The summed E-state index contributed by atoms with van der Waals surface area (Å²) in [6.07, 6.45) is 1.19. The monoisotopic (exact) mass is 292 g/mol. The Morgan fingerprint density at radius 2 is 2.05 bits per heavy atom. The van der Waals surface area contributed by atoms with E-state index in [0.717, 1.165) is 0 Å². The highest BCUT2D eigenvalue weighted by Crippen LogP contribution is 2.26. The van der Waals surface area contributed by atoms with E-state index in [9.17, 15) is 9.59 Å². The van der Waals surface area contributed by atoms with Gasteiger partial charge >= 0.3 is 5.97 Å². The van der Waals surface area contributed by atoms with Crippen molar-refractivity contribution in [1.82, 2.24) is 15.1 Å². The van der Waals surface area contributed by atoms with Crippen molar-refractivity contribution in [1.29, 1.82) is 0 Å². The lowest BCUT2D eigenvalue weighted by Gasteiger charge is -2.36. The Morgan fingerprint density at radius 3 is 2.52 bits per heavy atom. The molecule has 2 rings (SSSR count). The molecule has 1 saturated heterocycles. The second-order valence-electron chi connectivity index (χ2n) is 5.58. The number of hydrogen-bond donors (Lipinski definition) is 1. The summed E-state index contributed by atoms with van der Waals surface area (Å²) in [4.78, 5) is 26.3. The number of nitrogens with zero attached hydrogens (tertiary/aromatic N) is 4. The lowest BCUT2D eigenvalue weighted by Crippen LogP contribution is -2.43. The molecule has 21 heavy (non-hydrogen) atoms. The van der Waals surface area contributed by atoms with E-state index in [-0.39, 0.29) is 17.9 Å². The van der Waals surface area contributed by atoms with Gasteiger partial charge in [-0.1, -0.05) is 0 Å². The van der Waals surface area contributed by atoms with Gasteiger partial charge in [-0.05, 0) is 31.9 Å². The molecule has 7 heteroatoms. The van der Waals surface area contributed by atoms with Gasteiger partial charge in [0.15, 0.2) is 11.5 Å². The van der Waals surface area contributed by atoms with E-state index in [1.807, 2.05) is 11.8 Å². The largest absolute Gasteiger partial charge is 0.481 e. The summed E-state index contributed by atoms with van der Waals surface area (Å²) in [6.45, 7) is 2.61. The number of piperidine rings is 1. The second kappa shape index (κ2) is 6.07. The van der Waals surface area contributed by atoms with E-state index in [0.29, 0.717) is 30.9 Å². The summed E-state index contributed by atoms with van der Waals surface area (Å²) in [5.74, 6) is -0.536. The van der Waals surface area contributed by atoms with Gasteiger partial charge in [0.1, 0.15) is 0 Å². The third-order valence-electron chi connectivity index (χ3n) is 3.80. The van der Waals surface area contributed by atoms with Crippen molar-refractivity contribution in [3.63, 3.8) is 0 Å². The summed E-state index contributed by atoms with van der Waals surface area (Å²) in [5.41, 5.74) is 0.303. The molecule has 1 amide bonds. The number of aliphatic carboxylic acids is 1. The topological polar surface area (TPSA) is 86.6 Å². The minimum Gasteiger partial charge on any atom is -0.481 e. The highest BCUT2D eigenvalue weighted by atomic mass is 16.4. The molecular weight excluding hydrogens is 272 g/mol. The van der Waals surface area contributed by atoms with Gasteiger partial charge in [0.05, 0.1) is 5.92 Å². The Morgan fingerprint density at radius 1 is 1.33 bits per heavy atom. The molecule has 1 aromatic heterocycles. The first-order valence-corrected chi connectivity index (χ1v) is 6.95. The van der Waals surface area contributed by atoms with E-state index < -0.39 is 5.97 Å². The van der Waals surface area contributed by atoms with Gasteiger partial charge < -0.3 is 14.9 Å². The lowest BCUT2D eigenvalue weighted by atomic mass is 9.92. The molecule has 7 nitrogen and oxygen atoms in total. The number of hydrogen-bond acceptors (Lipinski definition) is 5. The van der Waals surface area contributed by atoms with Crippen LogP contribution in [0, 0.1) is 5.92 Å². The SMILES string of the molecule is CC1CC(C(=O)O)CCN1c1ccc(C(=O)N(C)C)nn1. The van der Waals surface area contributed by atoms with Gasteiger partial charge in [-0.2, -0.15) is 0 Å². The number of carboxylic acid groups (broad SMARTS) is 1. The summed E-state index contributed by atoms with van der Waals surface area (Å²) in [5, 5.41) is 17.1. The summed E-state index contributed by atoms with van der Waals surface area (Å²) < 4.78 is 0. The van der Waals surface area contributed by atoms with E-state index >= 15 is 0 Å². The molecule has 1 aliphatic heterocycles. The van der Waals surface area contributed by atoms with Crippen molar-refractivity contribution in [3.8, 4) is 0 Å². The number of carbonyl (C=O) groups excluding carboxylic acids is 1. The van der Waals surface area contributed by atoms with Crippen molar-refractivity contribution >= 4 is 17.7 Å². The van der Waals surface area contributed by atoms with E-state index in [4.69, 9.17) is 5.11 Å². The number of rotatable bonds is 3. The molecule has 2 atom stereocenters. The van der Waals surface area contributed by atoms with Crippen LogP contribution < -0.4 is 4.90 Å². The highest BCUT2D eigenvalue weighted by molar-refractivity contribution is 5.91. The predicted octanol–water partition coefficient (Wildman–Crippen LogP) is 0.868. The summed E-state index contributed by atoms with van der Waals surface area (Å²) >= 11 is 0. The van der Waals surface area contributed by atoms with Crippen molar-refractivity contribution < 1.29 is 14.7 Å². The van der Waals surface area contributed by atoms with Crippen LogP contribution in [0.1, 0.15) is 30.3 Å². The number of anilines is 1. The molecule has 0 saturated carbocycles. The molecule has 0 aliphatic carbocycles. The van der Waals surface area contributed by atoms with Crippen LogP contribution in [0.15, 0.2) is 12.1 Å². The number of carbonyl (C=O) groups is 2. The first-order chi connectivity index (χ1) is 9.90. The highest BCUT2D eigenvalue weighted by Gasteiger charge is 2.30. The molecule has 1 aliphatic rings. The van der Waals surface area contributed by atoms with E-state index in [1.165, 1.54) is 4.90 Å². The molecule has 114 valence electrons. The van der Waals surface area contributed by atoms with Crippen molar-refractivity contribution in [2.24, 2.45) is 5.92 Å². The van der Waals surface area contributed by atoms with Crippen LogP contribution >= 0.6 is 0 Å². The Labute approximate surface area is 123 Å². The molecule has 1 aromatic rings. The van der Waals surface area contributed by atoms with Crippen LogP contribution in [0.25, 0.3) is 0 Å². The van der Waals surface area contributed by atoms with Crippen molar-refractivity contribution in [3.05, 3.63) is 17.8 Å². The third kappa shape index (κ3) is 3.29. The smallest absolute Gasteiger partial charge is 0.306 e. The van der Waals surface area contributed by atoms with Crippen LogP contribution in [-0.4, -0.2) is 58.8 Å².